The highest BCUT2D eigenvalue weighted by Crippen LogP contribution is 2.34. The molecule has 0 fully saturated rings. The molecule has 2 aromatic carbocycles. The van der Waals surface area contributed by atoms with Crippen LogP contribution in [-0.2, 0) is 22.4 Å². The van der Waals surface area contributed by atoms with E-state index in [0.29, 0.717) is 5.78 Å². The third-order valence-electron chi connectivity index (χ3n) is 6.30. The Bertz CT molecular complexity index is 873. The molecule has 0 heterocycles. The molecule has 0 spiro atoms. The number of Topliss-reactive ketones (excluding diaryl/α,β-unsaturated/α-hetero) is 1. The smallest absolute Gasteiger partial charge is 0.152 e. The first kappa shape index (κ1) is 31.0. The van der Waals surface area contributed by atoms with Gasteiger partial charge in [0, 0.05) is 11.8 Å². The van der Waals surface area contributed by atoms with Crippen LogP contribution in [0.2, 0.25) is 0 Å². The van der Waals surface area contributed by atoms with Crippen LogP contribution >= 0.6 is 15.9 Å². The van der Waals surface area contributed by atoms with Gasteiger partial charge < -0.3 is 4.79 Å². The molecular weight excluding hydrogens is 496 g/mol. The molecule has 0 radical (unpaired) electrons. The summed E-state index contributed by atoms with van der Waals surface area (Å²) in [6, 6.07) is 20.9. The lowest BCUT2D eigenvalue weighted by Gasteiger charge is -2.29. The summed E-state index contributed by atoms with van der Waals surface area (Å²) in [6.07, 6.45) is 12.8. The van der Waals surface area contributed by atoms with Crippen LogP contribution in [0, 0.1) is 5.41 Å². The van der Waals surface area contributed by atoms with Crippen molar-refractivity contribution >= 4 is 27.5 Å². The van der Waals surface area contributed by atoms with E-state index in [2.05, 4.69) is 65.3 Å². The zero-order valence-corrected chi connectivity index (χ0v) is 23.9. The zero-order chi connectivity index (χ0) is 25.9. The lowest BCUT2D eigenvalue weighted by atomic mass is 9.76. The van der Waals surface area contributed by atoms with E-state index in [1.165, 1.54) is 43.2 Å². The van der Waals surface area contributed by atoms with Crippen LogP contribution in [0.3, 0.4) is 0 Å². The van der Waals surface area contributed by atoms with Gasteiger partial charge in [-0.2, -0.15) is 0 Å². The van der Waals surface area contributed by atoms with E-state index in [4.69, 9.17) is 0 Å². The molecule has 2 rings (SSSR count). The maximum absolute atomic E-state index is 11.6. The summed E-state index contributed by atoms with van der Waals surface area (Å²) >= 11 is 3.48. The molecule has 0 unspecified atom stereocenters. The first-order valence-corrected chi connectivity index (χ1v) is 14.2. The third kappa shape index (κ3) is 16.3. The van der Waals surface area contributed by atoms with Crippen molar-refractivity contribution in [3.63, 3.8) is 0 Å². The van der Waals surface area contributed by atoms with Gasteiger partial charge in [-0.25, -0.2) is 0 Å². The normalized spacial score (nSPS) is 12.9. The molecule has 0 aliphatic heterocycles. The number of carbonyl (C=O) groups is 2. The van der Waals surface area contributed by atoms with Gasteiger partial charge >= 0.3 is 0 Å². The minimum absolute atomic E-state index is 0.135. The van der Waals surface area contributed by atoms with Crippen LogP contribution in [0.1, 0.15) is 90.2 Å². The highest BCUT2D eigenvalue weighted by molar-refractivity contribution is 9.09. The monoisotopic (exact) mass is 540 g/mol. The highest BCUT2D eigenvalue weighted by atomic mass is 79.9. The van der Waals surface area contributed by atoms with E-state index in [1.54, 1.807) is 19.9 Å². The van der Waals surface area contributed by atoms with E-state index in [0.717, 1.165) is 43.0 Å². The molecule has 2 aromatic rings. The van der Waals surface area contributed by atoms with E-state index in [1.807, 2.05) is 25.1 Å². The van der Waals surface area contributed by atoms with Gasteiger partial charge in [0.25, 0.3) is 0 Å². The topological polar surface area (TPSA) is 34.1 Å². The Balaban J connectivity index is 0.000000379. The molecule has 2 nitrogen and oxygen atoms in total. The standard InChI is InChI=1S/C19H29BrO.C13H16O/c1-17(21)16-19(2,13-8-3-4-9-15-20)14-12-18-10-6-5-7-11-18;1-11(10-12(2)14)8-9-13-6-4-3-5-7-13/h5-7,10-11H,3-4,8-9,12-16H2,1-2H3;3-7,10H,8-9H2,1-2H3/b;11-10+/t19-;/m0./s1. The zero-order valence-electron chi connectivity index (χ0n) is 22.3. The summed E-state index contributed by atoms with van der Waals surface area (Å²) in [5.74, 6) is 0.460. The molecule has 0 aliphatic carbocycles. The summed E-state index contributed by atoms with van der Waals surface area (Å²) < 4.78 is 0. The average Bonchev–Trinajstić information content (AvgIpc) is 2.82. The van der Waals surface area contributed by atoms with Crippen molar-refractivity contribution in [2.24, 2.45) is 5.41 Å². The average molecular weight is 542 g/mol. The fraction of sp³-hybridized carbons (Fsp3) is 0.500. The molecule has 3 heteroatoms. The largest absolute Gasteiger partial charge is 0.300 e. The third-order valence-corrected chi connectivity index (χ3v) is 6.86. The van der Waals surface area contributed by atoms with Gasteiger partial charge in [0.1, 0.15) is 5.78 Å². The van der Waals surface area contributed by atoms with Crippen LogP contribution in [-0.4, -0.2) is 16.9 Å². The van der Waals surface area contributed by atoms with Crippen molar-refractivity contribution < 1.29 is 9.59 Å². The number of hydrogen-bond acceptors (Lipinski definition) is 2. The first-order valence-electron chi connectivity index (χ1n) is 13.0. The highest BCUT2D eigenvalue weighted by Gasteiger charge is 2.25. The predicted octanol–water partition coefficient (Wildman–Crippen LogP) is 9.10. The Kier molecular flexibility index (Phi) is 16.2. The van der Waals surface area contributed by atoms with Crippen LogP contribution in [0.5, 0.6) is 0 Å². The van der Waals surface area contributed by atoms with E-state index in [-0.39, 0.29) is 11.2 Å². The number of carbonyl (C=O) groups excluding carboxylic acids is 2. The van der Waals surface area contributed by atoms with Crippen LogP contribution in [0.15, 0.2) is 72.3 Å². The van der Waals surface area contributed by atoms with Crippen LogP contribution in [0.4, 0.5) is 0 Å². The van der Waals surface area contributed by atoms with Gasteiger partial charge in [-0.05, 0) is 81.9 Å². The van der Waals surface area contributed by atoms with Gasteiger partial charge in [-0.1, -0.05) is 108 Å². The molecule has 0 saturated heterocycles. The number of allylic oxidation sites excluding steroid dienone is 2. The number of alkyl halides is 1. The molecule has 35 heavy (non-hydrogen) atoms. The summed E-state index contributed by atoms with van der Waals surface area (Å²) in [7, 11) is 0. The minimum Gasteiger partial charge on any atom is -0.300 e. The van der Waals surface area contributed by atoms with Crippen molar-refractivity contribution in [2.45, 2.75) is 91.9 Å². The van der Waals surface area contributed by atoms with E-state index in [9.17, 15) is 9.59 Å². The molecular formula is C32H45BrO2. The lowest BCUT2D eigenvalue weighted by molar-refractivity contribution is -0.119. The summed E-state index contributed by atoms with van der Waals surface area (Å²) in [5.41, 5.74) is 4.02. The van der Waals surface area contributed by atoms with Crippen LogP contribution < -0.4 is 0 Å². The van der Waals surface area contributed by atoms with Crippen LogP contribution in [0.25, 0.3) is 0 Å². The van der Waals surface area contributed by atoms with Gasteiger partial charge in [0.05, 0.1) is 0 Å². The van der Waals surface area contributed by atoms with Crippen molar-refractivity contribution in [1.82, 2.24) is 0 Å². The fourth-order valence-electron chi connectivity index (χ4n) is 4.40. The number of rotatable bonds is 15. The maximum atomic E-state index is 11.6. The Labute approximate surface area is 222 Å². The Morgan fingerprint density at radius 3 is 1.83 bits per heavy atom. The first-order chi connectivity index (χ1) is 16.7. The van der Waals surface area contributed by atoms with Crippen molar-refractivity contribution in [3.05, 3.63) is 83.4 Å². The summed E-state index contributed by atoms with van der Waals surface area (Å²) in [5, 5.41) is 1.10. The molecule has 0 aromatic heterocycles. The molecule has 1 atom stereocenters. The number of hydrogen-bond donors (Lipinski definition) is 0. The van der Waals surface area contributed by atoms with Crippen molar-refractivity contribution in [1.29, 1.82) is 0 Å². The van der Waals surface area contributed by atoms with Gasteiger partial charge in [-0.15, -0.1) is 0 Å². The second-order valence-corrected chi connectivity index (χ2v) is 10.9. The number of ketones is 2. The van der Waals surface area contributed by atoms with Gasteiger partial charge in [-0.3, -0.25) is 4.79 Å². The fourth-order valence-corrected chi connectivity index (χ4v) is 4.80. The SMILES string of the molecule is CC(=O)/C=C(\C)CCc1ccccc1.CC(=O)C[C@@](C)(CCCCCCBr)CCc1ccccc1. The number of benzene rings is 2. The second kappa shape index (κ2) is 18.3. The quantitative estimate of drug-likeness (QED) is 0.128. The molecule has 0 bridgehead atoms. The number of halogens is 1. The molecule has 0 amide bonds. The van der Waals surface area contributed by atoms with Gasteiger partial charge in [0.2, 0.25) is 0 Å². The minimum atomic E-state index is 0.135. The maximum Gasteiger partial charge on any atom is 0.152 e. The van der Waals surface area contributed by atoms with Crippen molar-refractivity contribution in [2.75, 3.05) is 5.33 Å². The van der Waals surface area contributed by atoms with E-state index >= 15 is 0 Å². The van der Waals surface area contributed by atoms with Crippen molar-refractivity contribution in [3.8, 4) is 0 Å². The van der Waals surface area contributed by atoms with E-state index < -0.39 is 0 Å². The number of unbranched alkanes of at least 4 members (excludes halogenated alkanes) is 3. The molecule has 0 aliphatic rings. The predicted molar refractivity (Wildman–Crippen MR) is 154 cm³/mol. The second-order valence-electron chi connectivity index (χ2n) is 10.1. The summed E-state index contributed by atoms with van der Waals surface area (Å²) in [6.45, 7) is 7.61. The lowest BCUT2D eigenvalue weighted by Crippen LogP contribution is -2.21. The molecule has 192 valence electrons. The molecule has 0 saturated carbocycles. The Hall–Kier alpha value is -2.00. The molecule has 0 N–H and O–H groups in total. The Morgan fingerprint density at radius 2 is 1.31 bits per heavy atom. The summed E-state index contributed by atoms with van der Waals surface area (Å²) in [4.78, 5) is 22.4. The number of aryl methyl sites for hydroxylation is 2. The Morgan fingerprint density at radius 1 is 0.771 bits per heavy atom. The van der Waals surface area contributed by atoms with Gasteiger partial charge in [0.15, 0.2) is 5.78 Å².